The summed E-state index contributed by atoms with van der Waals surface area (Å²) in [6.45, 7) is 5.74. The van der Waals surface area contributed by atoms with Gasteiger partial charge >= 0.3 is 11.9 Å². The van der Waals surface area contributed by atoms with Crippen molar-refractivity contribution in [1.82, 2.24) is 0 Å². The number of hydrogen-bond acceptors (Lipinski definition) is 5. The van der Waals surface area contributed by atoms with Crippen molar-refractivity contribution in [1.29, 1.82) is 5.26 Å². The van der Waals surface area contributed by atoms with Crippen molar-refractivity contribution in [2.24, 2.45) is 0 Å². The summed E-state index contributed by atoms with van der Waals surface area (Å²) in [7, 11) is 0. The lowest BCUT2D eigenvalue weighted by atomic mass is 9.74. The van der Waals surface area contributed by atoms with Gasteiger partial charge in [0.15, 0.2) is 0 Å². The molecular weight excluding hydrogens is 410 g/mol. The predicted octanol–water partition coefficient (Wildman–Crippen LogP) is 4.24. The molecule has 0 saturated carbocycles. The molecule has 1 aliphatic heterocycles. The highest BCUT2D eigenvalue weighted by molar-refractivity contribution is 9.10. The number of fused-ring (bicyclic) bond motifs is 1. The average Bonchev–Trinajstić information content (AvgIpc) is 2.97. The van der Waals surface area contributed by atoms with Crippen molar-refractivity contribution in [3.05, 3.63) is 81.8 Å². The van der Waals surface area contributed by atoms with E-state index < -0.39 is 23.5 Å². The lowest BCUT2D eigenvalue weighted by molar-refractivity contribution is -0.139. The third-order valence-electron chi connectivity index (χ3n) is 4.48. The number of nitrogens with zero attached hydrogens (tertiary/aromatic N) is 1. The topological polar surface area (TPSA) is 76.4 Å². The fraction of sp³-hybridized carbons (Fsp3) is 0.190. The van der Waals surface area contributed by atoms with Gasteiger partial charge in [0.25, 0.3) is 0 Å². The van der Waals surface area contributed by atoms with Gasteiger partial charge in [0.05, 0.1) is 18.1 Å². The van der Waals surface area contributed by atoms with Crippen LogP contribution < -0.4 is 0 Å². The number of halogens is 1. The number of cyclic esters (lactones) is 1. The largest absolute Gasteiger partial charge is 0.463 e. The molecule has 6 heteroatoms. The first-order chi connectivity index (χ1) is 13.0. The summed E-state index contributed by atoms with van der Waals surface area (Å²) in [4.78, 5) is 24.9. The summed E-state index contributed by atoms with van der Waals surface area (Å²) in [5.41, 5.74) is -0.380. The summed E-state index contributed by atoms with van der Waals surface area (Å²) < 4.78 is 11.4. The first-order valence-electron chi connectivity index (χ1n) is 8.30. The Morgan fingerprint density at radius 1 is 1.30 bits per heavy atom. The van der Waals surface area contributed by atoms with Crippen molar-refractivity contribution in [3.63, 3.8) is 0 Å². The number of benzene rings is 2. The molecule has 0 saturated heterocycles. The van der Waals surface area contributed by atoms with Crippen LogP contribution in [0.2, 0.25) is 0 Å². The van der Waals surface area contributed by atoms with E-state index in [1.165, 1.54) is 0 Å². The fourth-order valence-corrected chi connectivity index (χ4v) is 3.82. The van der Waals surface area contributed by atoms with Gasteiger partial charge in [-0.1, -0.05) is 58.9 Å². The lowest BCUT2D eigenvalue weighted by Crippen LogP contribution is -2.36. The first-order valence-corrected chi connectivity index (χ1v) is 9.10. The third-order valence-corrected chi connectivity index (χ3v) is 5.20. The van der Waals surface area contributed by atoms with Crippen LogP contribution in [0.25, 0.3) is 0 Å². The Morgan fingerprint density at radius 2 is 1.96 bits per heavy atom. The minimum atomic E-state index is -1.72. The van der Waals surface area contributed by atoms with E-state index in [1.807, 2.05) is 6.07 Å². The van der Waals surface area contributed by atoms with Crippen molar-refractivity contribution >= 4 is 27.9 Å². The molecule has 0 unspecified atom stereocenters. The molecule has 0 aromatic heterocycles. The van der Waals surface area contributed by atoms with Crippen LogP contribution in [0.3, 0.4) is 0 Å². The Morgan fingerprint density at radius 3 is 2.63 bits per heavy atom. The summed E-state index contributed by atoms with van der Waals surface area (Å²) in [5, 5.41) is 10.1. The maximum Gasteiger partial charge on any atom is 0.340 e. The van der Waals surface area contributed by atoms with Crippen molar-refractivity contribution in [2.45, 2.75) is 18.4 Å². The Kier molecular flexibility index (Phi) is 5.15. The fourth-order valence-electron chi connectivity index (χ4n) is 3.31. The highest BCUT2D eigenvalue weighted by Crippen LogP contribution is 2.50. The number of hydrogen-bond donors (Lipinski definition) is 0. The van der Waals surface area contributed by atoms with Gasteiger partial charge < -0.3 is 9.47 Å². The van der Waals surface area contributed by atoms with E-state index >= 15 is 0 Å². The van der Waals surface area contributed by atoms with Crippen LogP contribution in [0.1, 0.15) is 34.3 Å². The molecule has 1 aliphatic rings. The number of carbonyl (C=O) groups excluding carboxylic acids is 2. The van der Waals surface area contributed by atoms with E-state index in [1.54, 1.807) is 49.4 Å². The molecule has 2 aromatic rings. The average molecular weight is 426 g/mol. The van der Waals surface area contributed by atoms with Crippen molar-refractivity contribution in [2.75, 3.05) is 6.61 Å². The molecule has 1 heterocycles. The highest BCUT2D eigenvalue weighted by atomic mass is 79.9. The van der Waals surface area contributed by atoms with Crippen LogP contribution in [-0.4, -0.2) is 18.5 Å². The minimum absolute atomic E-state index is 0.0369. The Balaban J connectivity index is 2.26. The smallest absolute Gasteiger partial charge is 0.340 e. The van der Waals surface area contributed by atoms with Gasteiger partial charge in [-0.05, 0) is 24.6 Å². The van der Waals surface area contributed by atoms with E-state index in [9.17, 15) is 14.9 Å². The van der Waals surface area contributed by atoms with E-state index in [0.717, 1.165) is 0 Å². The second-order valence-corrected chi connectivity index (χ2v) is 6.84. The number of carbonyl (C=O) groups is 2. The summed E-state index contributed by atoms with van der Waals surface area (Å²) in [5.74, 6) is -2.20. The van der Waals surface area contributed by atoms with Crippen molar-refractivity contribution < 1.29 is 19.1 Å². The SMILES string of the molecule is C=C(C(=O)OCC)[C@H](c1ccccc1Br)[C@]1(C#N)OC(=O)c2ccccc21. The zero-order valence-electron chi connectivity index (χ0n) is 14.6. The molecule has 2 atom stereocenters. The van der Waals surface area contributed by atoms with E-state index in [-0.39, 0.29) is 12.2 Å². The Bertz CT molecular complexity index is 978. The van der Waals surface area contributed by atoms with Crippen LogP contribution >= 0.6 is 15.9 Å². The van der Waals surface area contributed by atoms with Gasteiger partial charge in [-0.25, -0.2) is 9.59 Å². The first kappa shape index (κ1) is 18.9. The Labute approximate surface area is 165 Å². The molecule has 136 valence electrons. The Hall–Kier alpha value is -2.91. The van der Waals surface area contributed by atoms with Crippen LogP contribution in [0.4, 0.5) is 0 Å². The molecule has 27 heavy (non-hydrogen) atoms. The molecule has 0 bridgehead atoms. The lowest BCUT2D eigenvalue weighted by Gasteiger charge is -2.32. The van der Waals surface area contributed by atoms with Crippen LogP contribution in [-0.2, 0) is 19.9 Å². The quantitative estimate of drug-likeness (QED) is 0.528. The second-order valence-electron chi connectivity index (χ2n) is 5.98. The molecule has 0 fully saturated rings. The molecule has 0 radical (unpaired) electrons. The summed E-state index contributed by atoms with van der Waals surface area (Å²) in [6.07, 6.45) is 0. The van der Waals surface area contributed by atoms with Crippen LogP contribution in [0.15, 0.2) is 65.2 Å². The molecule has 0 N–H and O–H groups in total. The molecule has 5 nitrogen and oxygen atoms in total. The van der Waals surface area contributed by atoms with Gasteiger partial charge in [-0.2, -0.15) is 5.26 Å². The standard InChI is InChI=1S/C21H16BrNO4/c1-3-26-19(24)13(2)18(15-9-5-7-11-17(15)22)21(12-23)16-10-6-4-8-14(16)20(25)27-21/h4-11,18H,2-3H2,1H3/t18-,21-/m1/s1. The zero-order chi connectivity index (χ0) is 19.6. The van der Waals surface area contributed by atoms with E-state index in [2.05, 4.69) is 28.6 Å². The van der Waals surface area contributed by atoms with Crippen LogP contribution in [0.5, 0.6) is 0 Å². The highest BCUT2D eigenvalue weighted by Gasteiger charge is 2.54. The minimum Gasteiger partial charge on any atom is -0.463 e. The van der Waals surface area contributed by atoms with Gasteiger partial charge in [0.2, 0.25) is 5.60 Å². The van der Waals surface area contributed by atoms with Crippen molar-refractivity contribution in [3.8, 4) is 6.07 Å². The third kappa shape index (κ3) is 3.04. The van der Waals surface area contributed by atoms with Gasteiger partial charge in [0.1, 0.15) is 6.07 Å². The van der Waals surface area contributed by atoms with E-state index in [4.69, 9.17) is 9.47 Å². The molecule has 0 amide bonds. The molecule has 3 rings (SSSR count). The van der Waals surface area contributed by atoms with Crippen LogP contribution in [0, 0.1) is 11.3 Å². The second kappa shape index (κ2) is 7.37. The number of ether oxygens (including phenoxy) is 2. The molecule has 2 aromatic carbocycles. The van der Waals surface area contributed by atoms with E-state index in [0.29, 0.717) is 21.2 Å². The van der Waals surface area contributed by atoms with Gasteiger partial charge in [-0.3, -0.25) is 0 Å². The maximum atomic E-state index is 12.5. The summed E-state index contributed by atoms with van der Waals surface area (Å²) in [6, 6.07) is 15.9. The number of rotatable bonds is 5. The monoisotopic (exact) mass is 425 g/mol. The predicted molar refractivity (Wildman–Crippen MR) is 102 cm³/mol. The number of esters is 2. The maximum absolute atomic E-state index is 12.5. The zero-order valence-corrected chi connectivity index (χ0v) is 16.2. The molecule has 0 spiro atoms. The molecule has 0 aliphatic carbocycles. The number of nitriles is 1. The summed E-state index contributed by atoms with van der Waals surface area (Å²) >= 11 is 3.47. The molecular formula is C21H16BrNO4. The van der Waals surface area contributed by atoms with Gasteiger partial charge in [0, 0.05) is 15.6 Å². The normalized spacial score (nSPS) is 18.8. The van der Waals surface area contributed by atoms with Gasteiger partial charge in [-0.15, -0.1) is 0 Å².